The summed E-state index contributed by atoms with van der Waals surface area (Å²) < 4.78 is 0. The first-order valence-corrected chi connectivity index (χ1v) is 9.07. The molecule has 1 fully saturated rings. The quantitative estimate of drug-likeness (QED) is 0.862. The van der Waals surface area contributed by atoms with Crippen molar-refractivity contribution in [3.8, 4) is 5.75 Å². The van der Waals surface area contributed by atoms with Crippen molar-refractivity contribution in [2.24, 2.45) is 5.92 Å². The minimum atomic E-state index is -0.542. The molecule has 1 saturated carbocycles. The zero-order valence-corrected chi connectivity index (χ0v) is 14.3. The molecule has 0 bridgehead atoms. The van der Waals surface area contributed by atoms with E-state index in [0.717, 1.165) is 38.5 Å². The molecule has 4 rings (SSSR count). The Balaban J connectivity index is 1.81. The Kier molecular flexibility index (Phi) is 3.69. The number of benzene rings is 2. The van der Waals surface area contributed by atoms with E-state index in [0.29, 0.717) is 11.7 Å². The van der Waals surface area contributed by atoms with Gasteiger partial charge in [-0.1, -0.05) is 36.4 Å². The van der Waals surface area contributed by atoms with Gasteiger partial charge < -0.3 is 10.2 Å². The Bertz CT molecular complexity index is 735. The number of phenolic OH excluding ortho intramolecular Hbond substituents is 1. The van der Waals surface area contributed by atoms with Crippen LogP contribution in [0.5, 0.6) is 5.75 Å². The van der Waals surface area contributed by atoms with Gasteiger partial charge in [0.1, 0.15) is 5.75 Å². The predicted molar refractivity (Wildman–Crippen MR) is 96.2 cm³/mol. The second kappa shape index (κ2) is 5.63. The number of hydrogen-bond donors (Lipinski definition) is 2. The standard InChI is InChI=1S/C22H26O2/c1-21(24)11-12-22(14-16-5-3-2-4-6-16)18(15-21)8-7-17-13-19(23)9-10-20(17)22/h2-6,9-10,13,18,23-24H,7-8,11-12,14-15H2,1H3/t18-,21-,22+/m1/s1. The molecule has 2 aliphatic rings. The van der Waals surface area contributed by atoms with Crippen LogP contribution < -0.4 is 0 Å². The molecule has 3 atom stereocenters. The van der Waals surface area contributed by atoms with Crippen LogP contribution in [0.2, 0.25) is 0 Å². The van der Waals surface area contributed by atoms with Crippen molar-refractivity contribution >= 4 is 0 Å². The largest absolute Gasteiger partial charge is 0.508 e. The van der Waals surface area contributed by atoms with Gasteiger partial charge in [0.15, 0.2) is 0 Å². The fourth-order valence-electron chi connectivity index (χ4n) is 5.15. The number of aryl methyl sites for hydroxylation is 1. The van der Waals surface area contributed by atoms with E-state index in [2.05, 4.69) is 36.4 Å². The number of rotatable bonds is 2. The molecule has 24 heavy (non-hydrogen) atoms. The summed E-state index contributed by atoms with van der Waals surface area (Å²) in [6.07, 6.45) is 5.85. The molecule has 2 aromatic rings. The van der Waals surface area contributed by atoms with Gasteiger partial charge in [-0.25, -0.2) is 0 Å². The van der Waals surface area contributed by atoms with Crippen LogP contribution >= 0.6 is 0 Å². The van der Waals surface area contributed by atoms with Crippen LogP contribution in [0.1, 0.15) is 49.3 Å². The molecule has 2 aliphatic carbocycles. The van der Waals surface area contributed by atoms with E-state index < -0.39 is 5.60 Å². The first-order chi connectivity index (χ1) is 11.5. The summed E-state index contributed by atoms with van der Waals surface area (Å²) in [5.41, 5.74) is 3.61. The molecule has 2 aromatic carbocycles. The van der Waals surface area contributed by atoms with Crippen molar-refractivity contribution in [2.75, 3.05) is 0 Å². The van der Waals surface area contributed by atoms with Gasteiger partial charge >= 0.3 is 0 Å². The molecule has 0 spiro atoms. The van der Waals surface area contributed by atoms with Crippen molar-refractivity contribution in [3.63, 3.8) is 0 Å². The second-order valence-corrected chi connectivity index (χ2v) is 8.10. The predicted octanol–water partition coefficient (Wildman–Crippen LogP) is 4.37. The summed E-state index contributed by atoms with van der Waals surface area (Å²) in [5.74, 6) is 0.864. The van der Waals surface area contributed by atoms with Crippen molar-refractivity contribution in [1.82, 2.24) is 0 Å². The zero-order valence-electron chi connectivity index (χ0n) is 14.3. The van der Waals surface area contributed by atoms with Gasteiger partial charge in [-0.2, -0.15) is 0 Å². The summed E-state index contributed by atoms with van der Waals surface area (Å²) in [5, 5.41) is 20.5. The molecular formula is C22H26O2. The fourth-order valence-corrected chi connectivity index (χ4v) is 5.15. The van der Waals surface area contributed by atoms with Crippen molar-refractivity contribution in [3.05, 3.63) is 65.2 Å². The molecule has 0 aliphatic heterocycles. The lowest BCUT2D eigenvalue weighted by atomic mass is 9.53. The molecule has 2 heteroatoms. The van der Waals surface area contributed by atoms with Gasteiger partial charge in [0.2, 0.25) is 0 Å². The number of phenols is 1. The molecule has 0 heterocycles. The number of aliphatic hydroxyl groups is 1. The molecule has 0 radical (unpaired) electrons. The summed E-state index contributed by atoms with van der Waals surface area (Å²) in [4.78, 5) is 0. The SMILES string of the molecule is C[C@@]1(O)CC[C@@]2(Cc3ccccc3)c3ccc(O)cc3CC[C@@H]2C1. The Morgan fingerprint density at radius 3 is 2.67 bits per heavy atom. The van der Waals surface area contributed by atoms with E-state index in [-0.39, 0.29) is 5.41 Å². The normalized spacial score (nSPS) is 32.0. The number of aromatic hydroxyl groups is 1. The molecule has 0 unspecified atom stereocenters. The van der Waals surface area contributed by atoms with Gasteiger partial charge in [0, 0.05) is 5.41 Å². The molecule has 126 valence electrons. The van der Waals surface area contributed by atoms with Gasteiger partial charge in [-0.15, -0.1) is 0 Å². The molecule has 0 aromatic heterocycles. The maximum Gasteiger partial charge on any atom is 0.115 e. The minimum Gasteiger partial charge on any atom is -0.508 e. The average Bonchev–Trinajstić information content (AvgIpc) is 2.56. The Labute approximate surface area is 144 Å². The molecule has 2 nitrogen and oxygen atoms in total. The van der Waals surface area contributed by atoms with E-state index in [1.165, 1.54) is 16.7 Å². The highest BCUT2D eigenvalue weighted by atomic mass is 16.3. The molecule has 0 amide bonds. The van der Waals surface area contributed by atoms with Gasteiger partial charge in [-0.3, -0.25) is 0 Å². The topological polar surface area (TPSA) is 40.5 Å². The molecule has 0 saturated heterocycles. The Morgan fingerprint density at radius 1 is 1.08 bits per heavy atom. The first-order valence-electron chi connectivity index (χ1n) is 9.07. The maximum absolute atomic E-state index is 10.6. The lowest BCUT2D eigenvalue weighted by Gasteiger charge is -2.52. The Hall–Kier alpha value is -1.80. The third-order valence-electron chi connectivity index (χ3n) is 6.33. The van der Waals surface area contributed by atoms with Crippen LogP contribution in [-0.2, 0) is 18.3 Å². The van der Waals surface area contributed by atoms with E-state index in [1.54, 1.807) is 0 Å². The van der Waals surface area contributed by atoms with Gasteiger partial charge in [-0.05, 0) is 80.2 Å². The third kappa shape index (κ3) is 2.63. The van der Waals surface area contributed by atoms with Crippen LogP contribution in [0.15, 0.2) is 48.5 Å². The minimum absolute atomic E-state index is 0.0882. The summed E-state index contributed by atoms with van der Waals surface area (Å²) in [7, 11) is 0. The first kappa shape index (κ1) is 15.7. The highest BCUT2D eigenvalue weighted by Crippen LogP contribution is 2.54. The second-order valence-electron chi connectivity index (χ2n) is 8.10. The number of hydrogen-bond acceptors (Lipinski definition) is 2. The summed E-state index contributed by atoms with van der Waals surface area (Å²) in [6.45, 7) is 1.99. The number of fused-ring (bicyclic) bond motifs is 3. The third-order valence-corrected chi connectivity index (χ3v) is 6.33. The van der Waals surface area contributed by atoms with Crippen molar-refractivity contribution in [2.45, 2.75) is 56.5 Å². The van der Waals surface area contributed by atoms with Gasteiger partial charge in [0.05, 0.1) is 5.60 Å². The molecular weight excluding hydrogens is 296 g/mol. The summed E-state index contributed by atoms with van der Waals surface area (Å²) in [6, 6.07) is 16.6. The van der Waals surface area contributed by atoms with Crippen LogP contribution in [0.25, 0.3) is 0 Å². The van der Waals surface area contributed by atoms with E-state index >= 15 is 0 Å². The summed E-state index contributed by atoms with van der Waals surface area (Å²) >= 11 is 0. The van der Waals surface area contributed by atoms with Crippen LogP contribution in [0, 0.1) is 5.92 Å². The van der Waals surface area contributed by atoms with Crippen LogP contribution in [0.3, 0.4) is 0 Å². The van der Waals surface area contributed by atoms with E-state index in [9.17, 15) is 10.2 Å². The lowest BCUT2D eigenvalue weighted by Crippen LogP contribution is -2.50. The Morgan fingerprint density at radius 2 is 1.88 bits per heavy atom. The van der Waals surface area contributed by atoms with Crippen molar-refractivity contribution in [1.29, 1.82) is 0 Å². The average molecular weight is 322 g/mol. The highest BCUT2D eigenvalue weighted by Gasteiger charge is 2.50. The van der Waals surface area contributed by atoms with E-state index in [4.69, 9.17) is 0 Å². The highest BCUT2D eigenvalue weighted by molar-refractivity contribution is 5.44. The van der Waals surface area contributed by atoms with Crippen molar-refractivity contribution < 1.29 is 10.2 Å². The maximum atomic E-state index is 10.6. The fraction of sp³-hybridized carbons (Fsp3) is 0.455. The monoisotopic (exact) mass is 322 g/mol. The van der Waals surface area contributed by atoms with E-state index in [1.807, 2.05) is 19.1 Å². The zero-order chi connectivity index (χ0) is 16.8. The lowest BCUT2D eigenvalue weighted by molar-refractivity contribution is -0.0367. The van der Waals surface area contributed by atoms with Crippen LogP contribution in [-0.4, -0.2) is 15.8 Å². The smallest absolute Gasteiger partial charge is 0.115 e. The van der Waals surface area contributed by atoms with Gasteiger partial charge in [0.25, 0.3) is 0 Å². The van der Waals surface area contributed by atoms with Crippen LogP contribution in [0.4, 0.5) is 0 Å². The molecule has 2 N–H and O–H groups in total.